The predicted molar refractivity (Wildman–Crippen MR) is 129 cm³/mol. The van der Waals surface area contributed by atoms with E-state index in [1.165, 1.54) is 4.68 Å². The Balaban J connectivity index is 1.68. The van der Waals surface area contributed by atoms with Gasteiger partial charge < -0.3 is 29.4 Å². The lowest BCUT2D eigenvalue weighted by Gasteiger charge is -2.20. The Kier molecular flexibility index (Phi) is 13.5. The van der Waals surface area contributed by atoms with E-state index >= 15 is 0 Å². The molecule has 19 nitrogen and oxygen atoms in total. The fraction of sp³-hybridized carbons (Fsp3) is 0.875. The second kappa shape index (κ2) is 15.2. The van der Waals surface area contributed by atoms with Gasteiger partial charge in [0, 0.05) is 26.3 Å². The summed E-state index contributed by atoms with van der Waals surface area (Å²) < 4.78 is 79.8. The number of aliphatic hydroxyl groups excluding tert-OH is 1. The minimum absolute atomic E-state index is 0.0178. The molecule has 1 aliphatic heterocycles. The van der Waals surface area contributed by atoms with Crippen LogP contribution < -0.4 is 0 Å². The molecule has 1 saturated heterocycles. The molecule has 0 aliphatic carbocycles. The fourth-order valence-corrected chi connectivity index (χ4v) is 7.20. The van der Waals surface area contributed by atoms with Crippen LogP contribution in [0.4, 0.5) is 0 Å². The molecule has 0 amide bonds. The Bertz CT molecular complexity index is 1100. The van der Waals surface area contributed by atoms with Gasteiger partial charge in [-0.2, -0.15) is 8.62 Å². The Hall–Kier alpha value is -0.420. The Morgan fingerprint density at radius 1 is 0.949 bits per heavy atom. The SMILES string of the molecule is COP(=O)(O)OCCCCc1cn(CCCOP(=O)(O)OP(=O)(O)OP(=O)(O)OC[C@@H]2O[C@H](C)CC2O)nn1. The smallest absolute Gasteiger partial charge is 0.390 e. The van der Waals surface area contributed by atoms with Gasteiger partial charge in [0.25, 0.3) is 0 Å². The van der Waals surface area contributed by atoms with Crippen molar-refractivity contribution in [2.24, 2.45) is 0 Å². The van der Waals surface area contributed by atoms with Crippen LogP contribution in [0.2, 0.25) is 0 Å². The van der Waals surface area contributed by atoms with E-state index in [-0.39, 0.29) is 32.1 Å². The first-order valence-electron chi connectivity index (χ1n) is 11.5. The van der Waals surface area contributed by atoms with Crippen LogP contribution >= 0.6 is 31.3 Å². The Morgan fingerprint density at radius 2 is 1.56 bits per heavy atom. The number of hydrogen-bond donors (Lipinski definition) is 5. The van der Waals surface area contributed by atoms with Crippen molar-refractivity contribution in [3.05, 3.63) is 11.9 Å². The molecule has 2 heterocycles. The van der Waals surface area contributed by atoms with Gasteiger partial charge in [-0.1, -0.05) is 5.21 Å². The van der Waals surface area contributed by atoms with Crippen molar-refractivity contribution >= 4 is 31.3 Å². The van der Waals surface area contributed by atoms with Crippen LogP contribution in [0.5, 0.6) is 0 Å². The number of aliphatic hydroxyl groups is 1. The molecule has 228 valence electrons. The third-order valence-corrected chi connectivity index (χ3v) is 10.2. The number of ether oxygens (including phenoxy) is 1. The van der Waals surface area contributed by atoms with Crippen LogP contribution in [-0.2, 0) is 62.7 Å². The van der Waals surface area contributed by atoms with E-state index in [1.54, 1.807) is 13.1 Å². The molecular weight excluding hydrogens is 614 g/mol. The van der Waals surface area contributed by atoms with Crippen LogP contribution in [0.1, 0.15) is 38.3 Å². The third kappa shape index (κ3) is 13.9. The summed E-state index contributed by atoms with van der Waals surface area (Å²) in [6.07, 6.45) is 1.17. The second-order valence-electron chi connectivity index (χ2n) is 8.25. The molecule has 1 aromatic heterocycles. The average molecular weight is 647 g/mol. The molecule has 0 spiro atoms. The minimum atomic E-state index is -5.61. The molecule has 0 bridgehead atoms. The van der Waals surface area contributed by atoms with Crippen molar-refractivity contribution in [1.29, 1.82) is 0 Å². The number of nitrogens with zero attached hydrogens (tertiary/aromatic N) is 3. The van der Waals surface area contributed by atoms with Crippen molar-refractivity contribution in [2.75, 3.05) is 26.9 Å². The summed E-state index contributed by atoms with van der Waals surface area (Å²) in [5, 5.41) is 17.5. The molecule has 5 unspecified atom stereocenters. The molecule has 23 heteroatoms. The van der Waals surface area contributed by atoms with Gasteiger partial charge in [0.05, 0.1) is 37.7 Å². The maximum Gasteiger partial charge on any atom is 0.490 e. The number of aryl methyl sites for hydroxylation is 2. The van der Waals surface area contributed by atoms with Gasteiger partial charge in [-0.3, -0.25) is 22.8 Å². The number of hydrogen-bond acceptors (Lipinski definition) is 14. The van der Waals surface area contributed by atoms with Gasteiger partial charge in [0.15, 0.2) is 0 Å². The van der Waals surface area contributed by atoms with Crippen LogP contribution in [-0.4, -0.2) is 84.9 Å². The summed E-state index contributed by atoms with van der Waals surface area (Å²) in [6, 6.07) is 0. The van der Waals surface area contributed by atoms with Crippen molar-refractivity contribution in [2.45, 2.75) is 63.9 Å². The quantitative estimate of drug-likeness (QED) is 0.106. The van der Waals surface area contributed by atoms with Crippen LogP contribution in [0.25, 0.3) is 0 Å². The Labute approximate surface area is 223 Å². The summed E-state index contributed by atoms with van der Waals surface area (Å²) >= 11 is 0. The zero-order valence-electron chi connectivity index (χ0n) is 21.0. The molecule has 0 radical (unpaired) electrons. The van der Waals surface area contributed by atoms with Crippen LogP contribution in [0.15, 0.2) is 6.20 Å². The highest BCUT2D eigenvalue weighted by Gasteiger charge is 2.43. The molecule has 0 saturated carbocycles. The first kappa shape index (κ1) is 34.8. The molecule has 1 aliphatic rings. The van der Waals surface area contributed by atoms with Gasteiger partial charge >= 0.3 is 31.3 Å². The lowest BCUT2D eigenvalue weighted by Crippen LogP contribution is -2.26. The van der Waals surface area contributed by atoms with Gasteiger partial charge in [0.1, 0.15) is 6.10 Å². The number of phosphoric ester groups is 3. The number of rotatable bonds is 19. The topological polar surface area (TPSA) is 265 Å². The maximum absolute atomic E-state index is 12.0. The highest BCUT2D eigenvalue weighted by atomic mass is 31.3. The first-order chi connectivity index (χ1) is 18.0. The van der Waals surface area contributed by atoms with Gasteiger partial charge in [-0.05, 0) is 32.6 Å². The molecule has 7 atom stereocenters. The first-order valence-corrected chi connectivity index (χ1v) is 17.5. The van der Waals surface area contributed by atoms with Crippen LogP contribution in [0.3, 0.4) is 0 Å². The predicted octanol–water partition coefficient (Wildman–Crippen LogP) is 1.66. The van der Waals surface area contributed by atoms with Gasteiger partial charge in [-0.15, -0.1) is 5.10 Å². The van der Waals surface area contributed by atoms with Crippen molar-refractivity contribution in [1.82, 2.24) is 15.0 Å². The van der Waals surface area contributed by atoms with E-state index < -0.39 is 56.7 Å². The largest absolute Gasteiger partial charge is 0.490 e. The fourth-order valence-electron chi connectivity index (χ4n) is 3.19. The van der Waals surface area contributed by atoms with E-state index in [1.807, 2.05) is 0 Å². The average Bonchev–Trinajstić information content (AvgIpc) is 3.38. The van der Waals surface area contributed by atoms with Gasteiger partial charge in [-0.25, -0.2) is 18.3 Å². The maximum atomic E-state index is 12.0. The molecule has 1 fully saturated rings. The van der Waals surface area contributed by atoms with Crippen molar-refractivity contribution < 1.29 is 74.4 Å². The van der Waals surface area contributed by atoms with E-state index in [2.05, 4.69) is 32.5 Å². The lowest BCUT2D eigenvalue weighted by molar-refractivity contribution is -0.0167. The minimum Gasteiger partial charge on any atom is -0.390 e. The number of unbranched alkanes of at least 4 members (excludes halogenated alkanes) is 1. The number of aromatic nitrogens is 3. The summed E-state index contributed by atoms with van der Waals surface area (Å²) in [5.74, 6) is 0. The van der Waals surface area contributed by atoms with E-state index in [4.69, 9.17) is 14.2 Å². The van der Waals surface area contributed by atoms with Gasteiger partial charge in [0.2, 0.25) is 0 Å². The molecule has 0 aromatic carbocycles. The standard InChI is InChI=1S/C16H33N3O16P4/c1-13-10-15(20)16(33-13)12-32-38(25,26)35-39(27,28)34-37(23,24)31-9-5-7-19-11-14(17-18-19)6-3-4-8-30-36(21,22)29-2/h11,13,15-16,20H,3-10,12H2,1-2H3,(H,21,22)(H,23,24)(H,25,26)(H,27,28)/t13-,15?,16+/m1/s1. The summed E-state index contributed by atoms with van der Waals surface area (Å²) in [4.78, 5) is 38.0. The molecular formula is C16H33N3O16P4. The normalized spacial score (nSPS) is 26.0. The monoisotopic (exact) mass is 647 g/mol. The van der Waals surface area contributed by atoms with E-state index in [9.17, 15) is 38.0 Å². The number of phosphoric acid groups is 4. The molecule has 39 heavy (non-hydrogen) atoms. The van der Waals surface area contributed by atoms with Crippen LogP contribution in [0, 0.1) is 0 Å². The van der Waals surface area contributed by atoms with Crippen molar-refractivity contribution in [3.63, 3.8) is 0 Å². The molecule has 2 rings (SSSR count). The van der Waals surface area contributed by atoms with E-state index in [0.717, 1.165) is 7.11 Å². The third-order valence-electron chi connectivity index (χ3n) is 4.91. The zero-order valence-corrected chi connectivity index (χ0v) is 24.6. The zero-order chi connectivity index (χ0) is 29.3. The Morgan fingerprint density at radius 3 is 2.18 bits per heavy atom. The second-order valence-corrected chi connectivity index (χ2v) is 14.4. The highest BCUT2D eigenvalue weighted by molar-refractivity contribution is 7.66. The molecule has 5 N–H and O–H groups in total. The molecule has 1 aromatic rings. The van der Waals surface area contributed by atoms with Crippen molar-refractivity contribution in [3.8, 4) is 0 Å². The lowest BCUT2D eigenvalue weighted by atomic mass is 10.1. The highest BCUT2D eigenvalue weighted by Crippen LogP contribution is 2.67. The van der Waals surface area contributed by atoms with E-state index in [0.29, 0.717) is 25.0 Å². The summed E-state index contributed by atoms with van der Waals surface area (Å²) in [6.45, 7) is 0.749. The summed E-state index contributed by atoms with van der Waals surface area (Å²) in [7, 11) is -19.0. The summed E-state index contributed by atoms with van der Waals surface area (Å²) in [5.41, 5.74) is 0.614.